The maximum atomic E-state index is 11.6. The number of aliphatic carboxylic acids is 1. The van der Waals surface area contributed by atoms with Crippen molar-refractivity contribution in [2.45, 2.75) is 33.7 Å². The van der Waals surface area contributed by atoms with Crippen LogP contribution in [0.4, 0.5) is 5.69 Å². The van der Waals surface area contributed by atoms with E-state index in [1.165, 1.54) is 0 Å². The third-order valence-electron chi connectivity index (χ3n) is 3.23. The van der Waals surface area contributed by atoms with Crippen molar-refractivity contribution >= 4 is 17.6 Å². The van der Waals surface area contributed by atoms with Gasteiger partial charge in [-0.1, -0.05) is 6.92 Å². The molecule has 0 bridgehead atoms. The molecule has 0 aliphatic rings. The highest BCUT2D eigenvalue weighted by molar-refractivity contribution is 5.89. The molecule has 116 valence electrons. The van der Waals surface area contributed by atoms with Gasteiger partial charge in [0.05, 0.1) is 18.1 Å². The normalized spacial score (nSPS) is 12.0. The summed E-state index contributed by atoms with van der Waals surface area (Å²) in [5.74, 6) is -1.63. The third kappa shape index (κ3) is 4.77. The molecule has 0 amide bonds. The summed E-state index contributed by atoms with van der Waals surface area (Å²) >= 11 is 0. The average Bonchev–Trinajstić information content (AvgIpc) is 2.44. The molecule has 1 aromatic carbocycles. The van der Waals surface area contributed by atoms with Crippen molar-refractivity contribution in [1.82, 2.24) is 0 Å². The lowest BCUT2D eigenvalue weighted by Gasteiger charge is -2.30. The Morgan fingerprint density at radius 3 is 2.19 bits per heavy atom. The summed E-state index contributed by atoms with van der Waals surface area (Å²) in [7, 11) is 0. The van der Waals surface area contributed by atoms with Crippen molar-refractivity contribution in [1.29, 1.82) is 0 Å². The number of rotatable bonds is 7. The van der Waals surface area contributed by atoms with Crippen molar-refractivity contribution in [3.8, 4) is 0 Å². The molecule has 1 N–H and O–H groups in total. The molecule has 0 saturated heterocycles. The first kappa shape index (κ1) is 17.0. The number of carbonyl (C=O) groups excluding carboxylic acids is 1. The predicted octanol–water partition coefficient (Wildman–Crippen LogP) is 2.80. The lowest BCUT2D eigenvalue weighted by atomic mass is 10.1. The van der Waals surface area contributed by atoms with Crippen LogP contribution < -0.4 is 4.90 Å². The molecule has 1 rings (SSSR count). The van der Waals surface area contributed by atoms with Crippen molar-refractivity contribution in [3.05, 3.63) is 29.8 Å². The Balaban J connectivity index is 2.89. The first-order valence-corrected chi connectivity index (χ1v) is 7.13. The Labute approximate surface area is 125 Å². The van der Waals surface area contributed by atoms with E-state index < -0.39 is 11.9 Å². The minimum absolute atomic E-state index is 0.167. The molecular weight excluding hydrogens is 270 g/mol. The third-order valence-corrected chi connectivity index (χ3v) is 3.23. The Morgan fingerprint density at radius 2 is 1.76 bits per heavy atom. The molecule has 0 radical (unpaired) electrons. The van der Waals surface area contributed by atoms with Crippen LogP contribution in [0.3, 0.4) is 0 Å². The molecule has 0 heterocycles. The van der Waals surface area contributed by atoms with Crippen molar-refractivity contribution < 1.29 is 19.4 Å². The van der Waals surface area contributed by atoms with Crippen LogP contribution in [0.5, 0.6) is 0 Å². The number of ether oxygens (including phenoxy) is 1. The topological polar surface area (TPSA) is 66.8 Å². The van der Waals surface area contributed by atoms with Crippen LogP contribution in [0.2, 0.25) is 0 Å². The second-order valence-electron chi connectivity index (χ2n) is 5.25. The molecule has 5 heteroatoms. The minimum Gasteiger partial charge on any atom is -0.481 e. The number of carboxylic acids is 1. The maximum absolute atomic E-state index is 11.6. The van der Waals surface area contributed by atoms with Gasteiger partial charge in [0, 0.05) is 18.3 Å². The lowest BCUT2D eigenvalue weighted by Crippen LogP contribution is -2.37. The standard InChI is InChI=1S/C16H23NO4/c1-5-21-16(20)13-6-8-14(9-7-13)17(11(2)3)10-12(4)15(18)19/h6-9,11-12H,5,10H2,1-4H3,(H,18,19). The highest BCUT2D eigenvalue weighted by Crippen LogP contribution is 2.20. The van der Waals surface area contributed by atoms with Crippen LogP contribution in [0, 0.1) is 5.92 Å². The van der Waals surface area contributed by atoms with E-state index in [9.17, 15) is 9.59 Å². The SMILES string of the molecule is CCOC(=O)c1ccc(N(CC(C)C(=O)O)C(C)C)cc1. The van der Waals surface area contributed by atoms with Crippen LogP contribution in [-0.2, 0) is 9.53 Å². The summed E-state index contributed by atoms with van der Waals surface area (Å²) < 4.78 is 4.94. The Kier molecular flexibility index (Phi) is 6.21. The van der Waals surface area contributed by atoms with Gasteiger partial charge < -0.3 is 14.7 Å². The van der Waals surface area contributed by atoms with E-state index in [4.69, 9.17) is 9.84 Å². The van der Waals surface area contributed by atoms with E-state index in [2.05, 4.69) is 0 Å². The fourth-order valence-corrected chi connectivity index (χ4v) is 1.99. The van der Waals surface area contributed by atoms with Gasteiger partial charge in [0.2, 0.25) is 0 Å². The number of hydrogen-bond acceptors (Lipinski definition) is 4. The molecule has 0 fully saturated rings. The highest BCUT2D eigenvalue weighted by Gasteiger charge is 2.19. The number of anilines is 1. The van der Waals surface area contributed by atoms with E-state index in [0.717, 1.165) is 5.69 Å². The molecule has 0 aliphatic heterocycles. The van der Waals surface area contributed by atoms with Gasteiger partial charge in [-0.05, 0) is 45.0 Å². The van der Waals surface area contributed by atoms with Crippen molar-refractivity contribution in [3.63, 3.8) is 0 Å². The average molecular weight is 293 g/mol. The van der Waals surface area contributed by atoms with Gasteiger partial charge in [-0.15, -0.1) is 0 Å². The number of nitrogens with zero attached hydrogens (tertiary/aromatic N) is 1. The van der Waals surface area contributed by atoms with Gasteiger partial charge in [0.1, 0.15) is 0 Å². The molecule has 1 unspecified atom stereocenters. The number of carbonyl (C=O) groups is 2. The number of benzene rings is 1. The van der Waals surface area contributed by atoms with Crippen molar-refractivity contribution in [2.75, 3.05) is 18.1 Å². The van der Waals surface area contributed by atoms with E-state index in [-0.39, 0.29) is 12.0 Å². The van der Waals surface area contributed by atoms with E-state index in [1.807, 2.05) is 30.9 Å². The second kappa shape index (κ2) is 7.67. The summed E-state index contributed by atoms with van der Waals surface area (Å²) in [6.45, 7) is 8.23. The molecule has 0 aromatic heterocycles. The molecule has 5 nitrogen and oxygen atoms in total. The summed E-state index contributed by atoms with van der Waals surface area (Å²) in [6.07, 6.45) is 0. The van der Waals surface area contributed by atoms with Gasteiger partial charge in [-0.25, -0.2) is 4.79 Å². The first-order chi connectivity index (χ1) is 9.86. The fourth-order valence-electron chi connectivity index (χ4n) is 1.99. The molecule has 0 saturated carbocycles. The molecule has 21 heavy (non-hydrogen) atoms. The van der Waals surface area contributed by atoms with E-state index in [0.29, 0.717) is 18.7 Å². The Morgan fingerprint density at radius 1 is 1.19 bits per heavy atom. The first-order valence-electron chi connectivity index (χ1n) is 7.13. The monoisotopic (exact) mass is 293 g/mol. The van der Waals surface area contributed by atoms with Gasteiger partial charge in [0.15, 0.2) is 0 Å². The number of hydrogen-bond donors (Lipinski definition) is 1. The summed E-state index contributed by atoms with van der Waals surface area (Å²) in [6, 6.07) is 7.21. The quantitative estimate of drug-likeness (QED) is 0.783. The lowest BCUT2D eigenvalue weighted by molar-refractivity contribution is -0.140. The van der Waals surface area contributed by atoms with Crippen LogP contribution in [0.25, 0.3) is 0 Å². The molecule has 1 atom stereocenters. The second-order valence-corrected chi connectivity index (χ2v) is 5.25. The minimum atomic E-state index is -0.816. The zero-order valence-corrected chi connectivity index (χ0v) is 13.0. The molecule has 1 aromatic rings. The molecule has 0 aliphatic carbocycles. The van der Waals surface area contributed by atoms with E-state index in [1.54, 1.807) is 26.0 Å². The Hall–Kier alpha value is -2.04. The van der Waals surface area contributed by atoms with Crippen LogP contribution in [-0.4, -0.2) is 36.2 Å². The zero-order chi connectivity index (χ0) is 16.0. The van der Waals surface area contributed by atoms with Gasteiger partial charge in [-0.2, -0.15) is 0 Å². The van der Waals surface area contributed by atoms with Gasteiger partial charge in [-0.3, -0.25) is 4.79 Å². The Bertz CT molecular complexity index is 482. The van der Waals surface area contributed by atoms with Gasteiger partial charge >= 0.3 is 11.9 Å². The summed E-state index contributed by atoms with van der Waals surface area (Å²) in [5.41, 5.74) is 1.39. The summed E-state index contributed by atoms with van der Waals surface area (Å²) in [5, 5.41) is 9.05. The largest absolute Gasteiger partial charge is 0.481 e. The van der Waals surface area contributed by atoms with Crippen LogP contribution >= 0.6 is 0 Å². The van der Waals surface area contributed by atoms with Gasteiger partial charge in [0.25, 0.3) is 0 Å². The van der Waals surface area contributed by atoms with Crippen LogP contribution in [0.15, 0.2) is 24.3 Å². The fraction of sp³-hybridized carbons (Fsp3) is 0.500. The molecule has 0 spiro atoms. The summed E-state index contributed by atoms with van der Waals surface area (Å²) in [4.78, 5) is 24.6. The number of carboxylic acid groups (broad SMARTS) is 1. The highest BCUT2D eigenvalue weighted by atomic mass is 16.5. The van der Waals surface area contributed by atoms with Crippen LogP contribution in [0.1, 0.15) is 38.1 Å². The zero-order valence-electron chi connectivity index (χ0n) is 13.0. The van der Waals surface area contributed by atoms with E-state index >= 15 is 0 Å². The number of esters is 1. The maximum Gasteiger partial charge on any atom is 0.338 e. The predicted molar refractivity (Wildman–Crippen MR) is 81.7 cm³/mol. The molecular formula is C16H23NO4. The smallest absolute Gasteiger partial charge is 0.338 e. The van der Waals surface area contributed by atoms with Crippen molar-refractivity contribution in [2.24, 2.45) is 5.92 Å².